The topological polar surface area (TPSA) is 84.8 Å². The van der Waals surface area contributed by atoms with Crippen molar-refractivity contribution in [3.05, 3.63) is 35.8 Å². The number of aryl methyl sites for hydroxylation is 1. The maximum atomic E-state index is 11.7. The van der Waals surface area contributed by atoms with Gasteiger partial charge in [-0.25, -0.2) is 0 Å². The average Bonchev–Trinajstić information content (AvgIpc) is 2.76. The highest BCUT2D eigenvalue weighted by Gasteiger charge is 2.29. The van der Waals surface area contributed by atoms with Gasteiger partial charge in [-0.05, 0) is 43.2 Å². The molecule has 33 heavy (non-hydrogen) atoms. The molecule has 1 N–H and O–H groups in total. The number of ether oxygens (including phenoxy) is 2. The van der Waals surface area contributed by atoms with Crippen LogP contribution in [0.5, 0.6) is 5.75 Å². The fourth-order valence-electron chi connectivity index (χ4n) is 4.22. The Morgan fingerprint density at radius 3 is 2.42 bits per heavy atom. The van der Waals surface area contributed by atoms with Gasteiger partial charge in [0.1, 0.15) is 12.4 Å². The molecule has 180 valence electrons. The lowest BCUT2D eigenvalue weighted by molar-refractivity contribution is -0.136. The monoisotopic (exact) mass is 455 g/mol. The number of aliphatic carboxylic acids is 1. The van der Waals surface area contributed by atoms with Crippen LogP contribution in [0.1, 0.15) is 51.8 Å². The third-order valence-corrected chi connectivity index (χ3v) is 6.60. The van der Waals surface area contributed by atoms with E-state index in [2.05, 4.69) is 42.6 Å². The molecule has 2 aromatic heterocycles. The maximum Gasteiger partial charge on any atom is 0.307 e. The normalized spacial score (nSPS) is 16.6. The zero-order valence-electron chi connectivity index (χ0n) is 20.7. The molecule has 1 aliphatic rings. The fourth-order valence-corrected chi connectivity index (χ4v) is 4.22. The second kappa shape index (κ2) is 10.5. The molecule has 7 nitrogen and oxygen atoms in total. The number of aromatic nitrogens is 2. The molecule has 3 rings (SSSR count). The third kappa shape index (κ3) is 6.22. The van der Waals surface area contributed by atoms with Crippen LogP contribution >= 0.6 is 0 Å². The summed E-state index contributed by atoms with van der Waals surface area (Å²) < 4.78 is 11.4. The SMILES string of the molecule is COC(COc1ccc(-c2cnc(C)c(CC(=O)O)c2N2CCC(C)(C)CC2)nc1)C(C)C. The van der Waals surface area contributed by atoms with Gasteiger partial charge in [0.05, 0.1) is 30.1 Å². The third-order valence-electron chi connectivity index (χ3n) is 6.60. The first-order chi connectivity index (χ1) is 15.6. The highest BCUT2D eigenvalue weighted by molar-refractivity contribution is 5.83. The fraction of sp³-hybridized carbons (Fsp3) is 0.577. The Morgan fingerprint density at radius 1 is 1.18 bits per heavy atom. The Hall–Kier alpha value is -2.67. The highest BCUT2D eigenvalue weighted by atomic mass is 16.5. The molecule has 0 radical (unpaired) electrons. The van der Waals surface area contributed by atoms with E-state index >= 15 is 0 Å². The minimum absolute atomic E-state index is 0.0134. The van der Waals surface area contributed by atoms with Crippen molar-refractivity contribution in [2.45, 2.75) is 60.0 Å². The molecule has 1 aliphatic heterocycles. The van der Waals surface area contributed by atoms with E-state index in [4.69, 9.17) is 9.47 Å². The molecular weight excluding hydrogens is 418 g/mol. The van der Waals surface area contributed by atoms with Crippen molar-refractivity contribution >= 4 is 11.7 Å². The lowest BCUT2D eigenvalue weighted by atomic mass is 9.82. The number of hydrogen-bond acceptors (Lipinski definition) is 6. The summed E-state index contributed by atoms with van der Waals surface area (Å²) in [6.07, 6.45) is 5.59. The zero-order valence-corrected chi connectivity index (χ0v) is 20.7. The van der Waals surface area contributed by atoms with Gasteiger partial charge in [0.2, 0.25) is 0 Å². The lowest BCUT2D eigenvalue weighted by Crippen LogP contribution is -2.38. The summed E-state index contributed by atoms with van der Waals surface area (Å²) in [5, 5.41) is 9.57. The van der Waals surface area contributed by atoms with Crippen LogP contribution in [0.15, 0.2) is 24.5 Å². The molecule has 0 saturated carbocycles. The van der Waals surface area contributed by atoms with Crippen LogP contribution in [-0.2, 0) is 16.0 Å². The van der Waals surface area contributed by atoms with Crippen LogP contribution in [0.4, 0.5) is 5.69 Å². The number of anilines is 1. The molecule has 0 spiro atoms. The van der Waals surface area contributed by atoms with Gasteiger partial charge in [0.15, 0.2) is 0 Å². The number of piperidine rings is 1. The van der Waals surface area contributed by atoms with Crippen LogP contribution in [0.3, 0.4) is 0 Å². The Labute approximate surface area is 197 Å². The Morgan fingerprint density at radius 2 is 1.88 bits per heavy atom. The highest BCUT2D eigenvalue weighted by Crippen LogP contribution is 2.39. The van der Waals surface area contributed by atoms with E-state index < -0.39 is 5.97 Å². The van der Waals surface area contributed by atoms with E-state index in [1.54, 1.807) is 13.3 Å². The van der Waals surface area contributed by atoms with Crippen molar-refractivity contribution in [2.75, 3.05) is 31.7 Å². The van der Waals surface area contributed by atoms with Gasteiger partial charge in [0, 0.05) is 43.2 Å². The number of rotatable bonds is 9. The Bertz CT molecular complexity index is 947. The summed E-state index contributed by atoms with van der Waals surface area (Å²) in [5.74, 6) is 0.171. The molecule has 2 aromatic rings. The largest absolute Gasteiger partial charge is 0.489 e. The predicted molar refractivity (Wildman–Crippen MR) is 130 cm³/mol. The first kappa shape index (κ1) is 25.0. The number of methoxy groups -OCH3 is 1. The van der Waals surface area contributed by atoms with Gasteiger partial charge in [0.25, 0.3) is 0 Å². The van der Waals surface area contributed by atoms with Crippen molar-refractivity contribution in [1.29, 1.82) is 0 Å². The Balaban J connectivity index is 1.93. The zero-order chi connectivity index (χ0) is 24.2. The maximum absolute atomic E-state index is 11.7. The molecule has 1 atom stereocenters. The van der Waals surface area contributed by atoms with Crippen molar-refractivity contribution in [1.82, 2.24) is 9.97 Å². The second-order valence-corrected chi connectivity index (χ2v) is 10.0. The molecule has 1 saturated heterocycles. The molecule has 0 amide bonds. The van der Waals surface area contributed by atoms with Gasteiger partial charge in [-0.2, -0.15) is 0 Å². The molecule has 3 heterocycles. The van der Waals surface area contributed by atoms with Gasteiger partial charge in [-0.1, -0.05) is 27.7 Å². The van der Waals surface area contributed by atoms with E-state index in [-0.39, 0.29) is 12.5 Å². The standard InChI is InChI=1S/C26H37N3O4/c1-17(2)23(32-6)16-33-19-7-8-22(28-14-19)21-15-27-18(3)20(13-24(30)31)25(21)29-11-9-26(4,5)10-12-29/h7-8,14-15,17,23H,9-13,16H2,1-6H3,(H,30,31). The molecule has 0 aliphatic carbocycles. The lowest BCUT2D eigenvalue weighted by Gasteiger charge is -2.40. The smallest absolute Gasteiger partial charge is 0.307 e. The van der Waals surface area contributed by atoms with E-state index in [0.717, 1.165) is 54.1 Å². The number of pyridine rings is 2. The summed E-state index contributed by atoms with van der Waals surface area (Å²) in [6.45, 7) is 12.9. The van der Waals surface area contributed by atoms with Crippen LogP contribution in [0.2, 0.25) is 0 Å². The van der Waals surface area contributed by atoms with Gasteiger partial charge in [-0.3, -0.25) is 14.8 Å². The molecule has 0 bridgehead atoms. The van der Waals surface area contributed by atoms with E-state index in [0.29, 0.717) is 23.7 Å². The number of carboxylic acid groups (broad SMARTS) is 1. The molecular formula is C26H37N3O4. The first-order valence-electron chi connectivity index (χ1n) is 11.7. The Kier molecular flexibility index (Phi) is 7.95. The van der Waals surface area contributed by atoms with Crippen molar-refractivity contribution in [3.63, 3.8) is 0 Å². The van der Waals surface area contributed by atoms with E-state index in [1.165, 1.54) is 0 Å². The summed E-state index contributed by atoms with van der Waals surface area (Å²) in [6, 6.07) is 3.82. The molecule has 0 aromatic carbocycles. The van der Waals surface area contributed by atoms with E-state index in [9.17, 15) is 9.90 Å². The molecule has 1 fully saturated rings. The first-order valence-corrected chi connectivity index (χ1v) is 11.7. The van der Waals surface area contributed by atoms with Crippen LogP contribution in [0.25, 0.3) is 11.3 Å². The number of carboxylic acids is 1. The van der Waals surface area contributed by atoms with Crippen LogP contribution in [-0.4, -0.2) is 54.0 Å². The van der Waals surface area contributed by atoms with Gasteiger partial charge < -0.3 is 19.5 Å². The summed E-state index contributed by atoms with van der Waals surface area (Å²) in [7, 11) is 1.69. The molecule has 1 unspecified atom stereocenters. The molecule has 7 heteroatoms. The van der Waals surface area contributed by atoms with Crippen molar-refractivity contribution in [3.8, 4) is 17.0 Å². The summed E-state index contributed by atoms with van der Waals surface area (Å²) >= 11 is 0. The second-order valence-electron chi connectivity index (χ2n) is 10.0. The quantitative estimate of drug-likeness (QED) is 0.584. The van der Waals surface area contributed by atoms with E-state index in [1.807, 2.05) is 25.3 Å². The van der Waals surface area contributed by atoms with Crippen LogP contribution in [0, 0.1) is 18.3 Å². The summed E-state index contributed by atoms with van der Waals surface area (Å²) in [5.41, 5.74) is 4.37. The number of nitrogens with zero attached hydrogens (tertiary/aromatic N) is 3. The summed E-state index contributed by atoms with van der Waals surface area (Å²) in [4.78, 5) is 23.2. The average molecular weight is 456 g/mol. The van der Waals surface area contributed by atoms with Gasteiger partial charge >= 0.3 is 5.97 Å². The minimum atomic E-state index is -0.856. The van der Waals surface area contributed by atoms with Crippen LogP contribution < -0.4 is 9.64 Å². The van der Waals surface area contributed by atoms with Gasteiger partial charge in [-0.15, -0.1) is 0 Å². The number of carbonyl (C=O) groups is 1. The van der Waals surface area contributed by atoms with Crippen molar-refractivity contribution in [2.24, 2.45) is 11.3 Å². The predicted octanol–water partition coefficient (Wildman–Crippen LogP) is 4.76. The number of hydrogen-bond donors (Lipinski definition) is 1. The minimum Gasteiger partial charge on any atom is -0.489 e. The van der Waals surface area contributed by atoms with Crippen molar-refractivity contribution < 1.29 is 19.4 Å².